The molecule has 0 aliphatic rings. The molecule has 0 spiro atoms. The zero-order valence-electron chi connectivity index (χ0n) is 10.8. The van der Waals surface area contributed by atoms with E-state index in [0.717, 1.165) is 13.0 Å². The fraction of sp³-hybridized carbons (Fsp3) is 0.200. The van der Waals surface area contributed by atoms with Gasteiger partial charge >= 0.3 is 0 Å². The molecule has 0 atom stereocenters. The van der Waals surface area contributed by atoms with E-state index < -0.39 is 0 Å². The Balaban J connectivity index is 2.10. The first-order chi connectivity index (χ1) is 9.40. The first-order valence-electron chi connectivity index (χ1n) is 6.39. The van der Waals surface area contributed by atoms with Crippen LogP contribution in [-0.2, 0) is 0 Å². The van der Waals surface area contributed by atoms with E-state index in [1.165, 1.54) is 21.5 Å². The van der Waals surface area contributed by atoms with Crippen LogP contribution < -0.4 is 4.90 Å². The van der Waals surface area contributed by atoms with E-state index in [1.54, 1.807) is 11.3 Å². The second kappa shape index (κ2) is 5.36. The predicted octanol–water partition coefficient (Wildman–Crippen LogP) is 4.24. The lowest BCUT2D eigenvalue weighted by molar-refractivity contribution is 0.888. The molecule has 3 rings (SSSR count). The summed E-state index contributed by atoms with van der Waals surface area (Å²) in [6.45, 7) is 3.19. The fourth-order valence-electron chi connectivity index (χ4n) is 2.20. The number of hydrogen-bond donors (Lipinski definition) is 0. The number of fused-ring (bicyclic) bond motifs is 1. The molecule has 0 N–H and O–H groups in total. The van der Waals surface area contributed by atoms with Gasteiger partial charge in [0.15, 0.2) is 0 Å². The van der Waals surface area contributed by atoms with Crippen LogP contribution in [0.3, 0.4) is 0 Å². The molecule has 3 aromatic heterocycles. The molecular weight excluding hydrogens is 254 g/mol. The average molecular weight is 269 g/mol. The van der Waals surface area contributed by atoms with Crippen LogP contribution in [0.1, 0.15) is 13.3 Å². The standard InChI is InChI=1S/C15H15N3S/c1-2-9-18(12-3-6-16-7-4-12)14-11-19-15-5-8-17-10-13(14)15/h3-8,10-11H,2,9H2,1H3. The van der Waals surface area contributed by atoms with Gasteiger partial charge in [0.1, 0.15) is 0 Å². The number of aromatic nitrogens is 2. The van der Waals surface area contributed by atoms with Gasteiger partial charge in [-0.1, -0.05) is 6.92 Å². The normalized spacial score (nSPS) is 10.8. The van der Waals surface area contributed by atoms with Crippen molar-refractivity contribution in [1.82, 2.24) is 9.97 Å². The van der Waals surface area contributed by atoms with Crippen LogP contribution in [0.15, 0.2) is 48.4 Å². The van der Waals surface area contributed by atoms with Crippen molar-refractivity contribution in [3.05, 3.63) is 48.4 Å². The number of hydrogen-bond acceptors (Lipinski definition) is 4. The lowest BCUT2D eigenvalue weighted by atomic mass is 10.2. The molecule has 0 radical (unpaired) electrons. The molecule has 0 amide bonds. The monoisotopic (exact) mass is 269 g/mol. The van der Waals surface area contributed by atoms with Gasteiger partial charge in [-0.25, -0.2) is 0 Å². The van der Waals surface area contributed by atoms with Crippen molar-refractivity contribution in [3.8, 4) is 0 Å². The van der Waals surface area contributed by atoms with E-state index in [2.05, 4.69) is 45.4 Å². The Morgan fingerprint density at radius 1 is 1.11 bits per heavy atom. The third kappa shape index (κ3) is 2.31. The summed E-state index contributed by atoms with van der Waals surface area (Å²) in [6, 6.07) is 6.17. The molecule has 0 fully saturated rings. The number of pyridine rings is 2. The van der Waals surface area contributed by atoms with Crippen molar-refractivity contribution in [3.63, 3.8) is 0 Å². The first-order valence-corrected chi connectivity index (χ1v) is 7.27. The average Bonchev–Trinajstić information content (AvgIpc) is 2.89. The largest absolute Gasteiger partial charge is 0.340 e. The number of thiophene rings is 1. The Bertz CT molecular complexity index is 663. The lowest BCUT2D eigenvalue weighted by Gasteiger charge is -2.23. The van der Waals surface area contributed by atoms with Crippen LogP contribution in [0, 0.1) is 0 Å². The van der Waals surface area contributed by atoms with Gasteiger partial charge in [0, 0.05) is 52.5 Å². The minimum Gasteiger partial charge on any atom is -0.340 e. The second-order valence-electron chi connectivity index (χ2n) is 4.35. The molecule has 0 unspecified atom stereocenters. The topological polar surface area (TPSA) is 29.0 Å². The summed E-state index contributed by atoms with van der Waals surface area (Å²) in [4.78, 5) is 10.7. The van der Waals surface area contributed by atoms with Gasteiger partial charge in [0.25, 0.3) is 0 Å². The van der Waals surface area contributed by atoms with Crippen LogP contribution in [-0.4, -0.2) is 16.5 Å². The molecule has 96 valence electrons. The highest BCUT2D eigenvalue weighted by molar-refractivity contribution is 7.17. The van der Waals surface area contributed by atoms with Crippen LogP contribution in [0.5, 0.6) is 0 Å². The fourth-order valence-corrected chi connectivity index (χ4v) is 3.12. The Kier molecular flexibility index (Phi) is 3.42. The summed E-state index contributed by atoms with van der Waals surface area (Å²) >= 11 is 1.77. The van der Waals surface area contributed by atoms with Gasteiger partial charge in [0.05, 0.1) is 5.69 Å². The van der Waals surface area contributed by atoms with E-state index >= 15 is 0 Å². The highest BCUT2D eigenvalue weighted by atomic mass is 32.1. The minimum atomic E-state index is 0.991. The SMILES string of the molecule is CCCN(c1ccncc1)c1csc2ccncc12. The Labute approximate surface area is 116 Å². The first kappa shape index (κ1) is 12.1. The van der Waals surface area contributed by atoms with Gasteiger partial charge in [0.2, 0.25) is 0 Å². The molecule has 0 aliphatic heterocycles. The third-order valence-electron chi connectivity index (χ3n) is 3.07. The number of nitrogens with zero attached hydrogens (tertiary/aromatic N) is 3. The summed E-state index contributed by atoms with van der Waals surface area (Å²) < 4.78 is 1.28. The maximum Gasteiger partial charge on any atom is 0.0615 e. The molecule has 0 bridgehead atoms. The maximum atomic E-state index is 4.25. The summed E-state index contributed by atoms with van der Waals surface area (Å²) in [6.07, 6.45) is 8.57. The second-order valence-corrected chi connectivity index (χ2v) is 5.26. The smallest absolute Gasteiger partial charge is 0.0615 e. The van der Waals surface area contributed by atoms with Gasteiger partial charge in [-0.3, -0.25) is 9.97 Å². The highest BCUT2D eigenvalue weighted by Crippen LogP contribution is 2.36. The predicted molar refractivity (Wildman–Crippen MR) is 81.2 cm³/mol. The molecule has 0 saturated heterocycles. The summed E-state index contributed by atoms with van der Waals surface area (Å²) in [7, 11) is 0. The molecule has 3 aromatic rings. The van der Waals surface area contributed by atoms with Crippen LogP contribution >= 0.6 is 11.3 Å². The molecule has 4 heteroatoms. The van der Waals surface area contributed by atoms with E-state index in [1.807, 2.05) is 24.8 Å². The minimum absolute atomic E-state index is 0.991. The summed E-state index contributed by atoms with van der Waals surface area (Å²) in [5, 5.41) is 3.43. The molecular formula is C15H15N3S. The zero-order valence-corrected chi connectivity index (χ0v) is 11.6. The Hall–Kier alpha value is -1.94. The highest BCUT2D eigenvalue weighted by Gasteiger charge is 2.13. The van der Waals surface area contributed by atoms with Gasteiger partial charge in [-0.2, -0.15) is 0 Å². The summed E-state index contributed by atoms with van der Waals surface area (Å²) in [5.41, 5.74) is 2.42. The van der Waals surface area contributed by atoms with Crippen LogP contribution in [0.4, 0.5) is 11.4 Å². The van der Waals surface area contributed by atoms with E-state index in [4.69, 9.17) is 0 Å². The van der Waals surface area contributed by atoms with E-state index in [0.29, 0.717) is 0 Å². The van der Waals surface area contributed by atoms with Crippen molar-refractivity contribution >= 4 is 32.8 Å². The van der Waals surface area contributed by atoms with Crippen molar-refractivity contribution in [2.75, 3.05) is 11.4 Å². The third-order valence-corrected chi connectivity index (χ3v) is 4.02. The van der Waals surface area contributed by atoms with Gasteiger partial charge < -0.3 is 4.90 Å². The molecule has 0 saturated carbocycles. The lowest BCUT2D eigenvalue weighted by Crippen LogP contribution is -2.17. The van der Waals surface area contributed by atoms with Crippen molar-refractivity contribution in [1.29, 1.82) is 0 Å². The van der Waals surface area contributed by atoms with Crippen molar-refractivity contribution in [2.24, 2.45) is 0 Å². The molecule has 3 nitrogen and oxygen atoms in total. The van der Waals surface area contributed by atoms with E-state index in [9.17, 15) is 0 Å². The molecule has 3 heterocycles. The maximum absolute atomic E-state index is 4.25. The van der Waals surface area contributed by atoms with Gasteiger partial charge in [-0.05, 0) is 24.6 Å². The Morgan fingerprint density at radius 2 is 1.89 bits per heavy atom. The number of rotatable bonds is 4. The van der Waals surface area contributed by atoms with Crippen molar-refractivity contribution in [2.45, 2.75) is 13.3 Å². The van der Waals surface area contributed by atoms with Gasteiger partial charge in [-0.15, -0.1) is 11.3 Å². The molecule has 19 heavy (non-hydrogen) atoms. The van der Waals surface area contributed by atoms with Crippen LogP contribution in [0.2, 0.25) is 0 Å². The van der Waals surface area contributed by atoms with Crippen LogP contribution in [0.25, 0.3) is 10.1 Å². The van der Waals surface area contributed by atoms with Crippen molar-refractivity contribution < 1.29 is 0 Å². The molecule has 0 aliphatic carbocycles. The van der Waals surface area contributed by atoms with E-state index in [-0.39, 0.29) is 0 Å². The molecule has 0 aromatic carbocycles. The quantitative estimate of drug-likeness (QED) is 0.709. The zero-order chi connectivity index (χ0) is 13.1. The summed E-state index contributed by atoms with van der Waals surface area (Å²) in [5.74, 6) is 0. The Morgan fingerprint density at radius 3 is 2.68 bits per heavy atom. The number of anilines is 2.